The maximum Gasteiger partial charge on any atom is 0.133 e. The van der Waals surface area contributed by atoms with Gasteiger partial charge in [-0.25, -0.2) is 4.98 Å². The zero-order valence-corrected chi connectivity index (χ0v) is 12.0. The normalized spacial score (nSPS) is 11.0. The van der Waals surface area contributed by atoms with Crippen LogP contribution in [-0.2, 0) is 6.54 Å². The third-order valence-corrected chi connectivity index (χ3v) is 2.73. The average Bonchev–Trinajstić information content (AvgIpc) is 2.19. The van der Waals surface area contributed by atoms with Gasteiger partial charge in [-0.2, -0.15) is 0 Å². The fourth-order valence-corrected chi connectivity index (χ4v) is 1.92. The topological polar surface area (TPSA) is 28.2 Å². The highest BCUT2D eigenvalue weighted by Crippen LogP contribution is 2.20. The fourth-order valence-electron chi connectivity index (χ4n) is 1.92. The van der Waals surface area contributed by atoms with Crippen LogP contribution in [0, 0.1) is 19.8 Å². The van der Waals surface area contributed by atoms with Crippen molar-refractivity contribution < 1.29 is 0 Å². The zero-order chi connectivity index (χ0) is 13.0. The van der Waals surface area contributed by atoms with E-state index in [-0.39, 0.29) is 0 Å². The molecule has 3 heteroatoms. The number of pyridine rings is 1. The van der Waals surface area contributed by atoms with Gasteiger partial charge < -0.3 is 10.2 Å². The van der Waals surface area contributed by atoms with Crippen LogP contribution in [0.2, 0.25) is 0 Å². The lowest BCUT2D eigenvalue weighted by atomic mass is 10.1. The predicted octanol–water partition coefficient (Wildman–Crippen LogP) is 2.51. The van der Waals surface area contributed by atoms with Crippen LogP contribution in [0.4, 0.5) is 5.82 Å². The zero-order valence-electron chi connectivity index (χ0n) is 12.0. The largest absolute Gasteiger partial charge is 0.362 e. The van der Waals surface area contributed by atoms with Crippen LogP contribution in [0.3, 0.4) is 0 Å². The summed E-state index contributed by atoms with van der Waals surface area (Å²) in [5.41, 5.74) is 3.71. The van der Waals surface area contributed by atoms with E-state index in [4.69, 9.17) is 0 Å². The van der Waals surface area contributed by atoms with E-state index in [1.165, 1.54) is 11.1 Å². The Morgan fingerprint density at radius 3 is 2.47 bits per heavy atom. The molecule has 1 heterocycles. The molecular formula is C14H25N3. The summed E-state index contributed by atoms with van der Waals surface area (Å²) in [7, 11) is 4.10. The third kappa shape index (κ3) is 4.00. The van der Waals surface area contributed by atoms with Crippen LogP contribution in [0.25, 0.3) is 0 Å². The first-order valence-electron chi connectivity index (χ1n) is 6.27. The van der Waals surface area contributed by atoms with Crippen molar-refractivity contribution in [2.24, 2.45) is 5.92 Å². The maximum atomic E-state index is 4.62. The number of aromatic nitrogens is 1. The summed E-state index contributed by atoms with van der Waals surface area (Å²) >= 11 is 0. The van der Waals surface area contributed by atoms with Crippen LogP contribution in [0.5, 0.6) is 0 Å². The Morgan fingerprint density at radius 1 is 1.29 bits per heavy atom. The third-order valence-electron chi connectivity index (χ3n) is 2.73. The van der Waals surface area contributed by atoms with E-state index in [9.17, 15) is 0 Å². The van der Waals surface area contributed by atoms with E-state index in [1.807, 2.05) is 21.0 Å². The monoisotopic (exact) mass is 235 g/mol. The minimum atomic E-state index is 0.677. The SMILES string of the molecule is Cc1cc(C)c(CNCC(C)C)c(N(C)C)n1. The summed E-state index contributed by atoms with van der Waals surface area (Å²) in [4.78, 5) is 6.71. The summed E-state index contributed by atoms with van der Waals surface area (Å²) < 4.78 is 0. The van der Waals surface area contributed by atoms with E-state index >= 15 is 0 Å². The minimum absolute atomic E-state index is 0.677. The molecule has 96 valence electrons. The number of anilines is 1. The molecule has 0 saturated heterocycles. The van der Waals surface area contributed by atoms with Crippen molar-refractivity contribution in [2.45, 2.75) is 34.2 Å². The highest BCUT2D eigenvalue weighted by atomic mass is 15.1. The second-order valence-electron chi connectivity index (χ2n) is 5.30. The van der Waals surface area contributed by atoms with Crippen molar-refractivity contribution in [3.05, 3.63) is 22.9 Å². The van der Waals surface area contributed by atoms with E-state index in [0.29, 0.717) is 5.92 Å². The lowest BCUT2D eigenvalue weighted by Crippen LogP contribution is -2.23. The highest BCUT2D eigenvalue weighted by Gasteiger charge is 2.10. The van der Waals surface area contributed by atoms with Crippen molar-refractivity contribution in [1.82, 2.24) is 10.3 Å². The van der Waals surface area contributed by atoms with E-state index in [0.717, 1.165) is 24.6 Å². The van der Waals surface area contributed by atoms with Crippen molar-refractivity contribution in [3.63, 3.8) is 0 Å². The van der Waals surface area contributed by atoms with Gasteiger partial charge in [-0.05, 0) is 37.9 Å². The van der Waals surface area contributed by atoms with Crippen molar-refractivity contribution >= 4 is 5.82 Å². The van der Waals surface area contributed by atoms with Crippen molar-refractivity contribution in [2.75, 3.05) is 25.5 Å². The first-order valence-corrected chi connectivity index (χ1v) is 6.27. The van der Waals surface area contributed by atoms with Crippen molar-refractivity contribution in [1.29, 1.82) is 0 Å². The Morgan fingerprint density at radius 2 is 1.94 bits per heavy atom. The van der Waals surface area contributed by atoms with Gasteiger partial charge in [-0.3, -0.25) is 0 Å². The van der Waals surface area contributed by atoms with Gasteiger partial charge in [0.15, 0.2) is 0 Å². The maximum absolute atomic E-state index is 4.62. The molecule has 0 saturated carbocycles. The number of hydrogen-bond donors (Lipinski definition) is 1. The summed E-state index contributed by atoms with van der Waals surface area (Å²) in [5.74, 6) is 1.76. The Balaban J connectivity index is 2.88. The van der Waals surface area contributed by atoms with Crippen LogP contribution < -0.4 is 10.2 Å². The number of aryl methyl sites for hydroxylation is 2. The van der Waals surface area contributed by atoms with E-state index < -0.39 is 0 Å². The van der Waals surface area contributed by atoms with Crippen LogP contribution in [0.1, 0.15) is 30.7 Å². The molecule has 1 aromatic rings. The Labute approximate surface area is 105 Å². The highest BCUT2D eigenvalue weighted by molar-refractivity contribution is 5.50. The number of hydrogen-bond acceptors (Lipinski definition) is 3. The van der Waals surface area contributed by atoms with Crippen molar-refractivity contribution in [3.8, 4) is 0 Å². The molecule has 1 aromatic heterocycles. The molecule has 0 aliphatic rings. The van der Waals surface area contributed by atoms with Gasteiger partial charge in [0.25, 0.3) is 0 Å². The van der Waals surface area contributed by atoms with Crippen LogP contribution in [0.15, 0.2) is 6.07 Å². The second-order valence-corrected chi connectivity index (χ2v) is 5.30. The molecule has 1 N–H and O–H groups in total. The Bertz CT molecular complexity index is 370. The molecule has 3 nitrogen and oxygen atoms in total. The Hall–Kier alpha value is -1.09. The van der Waals surface area contributed by atoms with E-state index in [2.05, 4.69) is 42.0 Å². The number of nitrogens with one attached hydrogen (secondary N) is 1. The average molecular weight is 235 g/mol. The molecule has 0 fully saturated rings. The minimum Gasteiger partial charge on any atom is -0.362 e. The lowest BCUT2D eigenvalue weighted by Gasteiger charge is -2.19. The molecule has 0 aliphatic carbocycles. The first-order chi connectivity index (χ1) is 7.91. The molecule has 0 aliphatic heterocycles. The van der Waals surface area contributed by atoms with Gasteiger partial charge in [-0.15, -0.1) is 0 Å². The van der Waals surface area contributed by atoms with Gasteiger partial charge in [0, 0.05) is 31.9 Å². The lowest BCUT2D eigenvalue weighted by molar-refractivity contribution is 0.551. The molecular weight excluding hydrogens is 210 g/mol. The summed E-state index contributed by atoms with van der Waals surface area (Å²) in [6, 6.07) is 2.15. The van der Waals surface area contributed by atoms with Gasteiger partial charge in [-0.1, -0.05) is 13.8 Å². The quantitative estimate of drug-likeness (QED) is 0.850. The molecule has 0 unspecified atom stereocenters. The predicted molar refractivity (Wildman–Crippen MR) is 74.6 cm³/mol. The van der Waals surface area contributed by atoms with Crippen LogP contribution >= 0.6 is 0 Å². The molecule has 1 rings (SSSR count). The molecule has 17 heavy (non-hydrogen) atoms. The van der Waals surface area contributed by atoms with Gasteiger partial charge >= 0.3 is 0 Å². The molecule has 0 aromatic carbocycles. The first kappa shape index (κ1) is 14.0. The molecule has 0 atom stereocenters. The molecule has 0 amide bonds. The molecule has 0 radical (unpaired) electrons. The van der Waals surface area contributed by atoms with E-state index in [1.54, 1.807) is 0 Å². The number of rotatable bonds is 5. The molecule has 0 bridgehead atoms. The summed E-state index contributed by atoms with van der Waals surface area (Å²) in [5, 5.41) is 3.49. The van der Waals surface area contributed by atoms with Gasteiger partial charge in [0.1, 0.15) is 5.82 Å². The Kier molecular flexibility index (Phi) is 4.94. The molecule has 0 spiro atoms. The number of nitrogens with zero attached hydrogens (tertiary/aromatic N) is 2. The van der Waals surface area contributed by atoms with Gasteiger partial charge in [0.05, 0.1) is 0 Å². The smallest absolute Gasteiger partial charge is 0.133 e. The second kappa shape index (κ2) is 6.01. The summed E-state index contributed by atoms with van der Waals surface area (Å²) in [6.45, 7) is 10.6. The fraction of sp³-hybridized carbons (Fsp3) is 0.643. The summed E-state index contributed by atoms with van der Waals surface area (Å²) in [6.07, 6.45) is 0. The standard InChI is InChI=1S/C14H25N3/c1-10(2)8-15-9-13-11(3)7-12(4)16-14(13)17(5)6/h7,10,15H,8-9H2,1-6H3. The van der Waals surface area contributed by atoms with Crippen LogP contribution in [-0.4, -0.2) is 25.6 Å². The van der Waals surface area contributed by atoms with Gasteiger partial charge in [0.2, 0.25) is 0 Å².